The Morgan fingerprint density at radius 1 is 1.10 bits per heavy atom. The van der Waals surface area contributed by atoms with Crippen molar-refractivity contribution >= 4 is 11.4 Å². The van der Waals surface area contributed by atoms with E-state index in [9.17, 15) is 0 Å². The van der Waals surface area contributed by atoms with Gasteiger partial charge in [-0.05, 0) is 0 Å². The van der Waals surface area contributed by atoms with Gasteiger partial charge < -0.3 is 14.2 Å². The van der Waals surface area contributed by atoms with Gasteiger partial charge in [-0.1, -0.05) is 0 Å². The van der Waals surface area contributed by atoms with Gasteiger partial charge in [0.2, 0.25) is 0 Å². The van der Waals surface area contributed by atoms with Crippen LogP contribution in [0.4, 0.5) is 11.4 Å². The molecule has 0 N–H and O–H groups in total. The molecule has 1 fully saturated rings. The third kappa shape index (κ3) is 0.108. The van der Waals surface area contributed by atoms with Crippen molar-refractivity contribution in [2.45, 2.75) is 12.1 Å². The normalized spacial score (nSPS) is 39.2. The van der Waals surface area contributed by atoms with Crippen molar-refractivity contribution < 1.29 is 4.42 Å². The smallest absolute Gasteiger partial charge is 0.154 e. The fourth-order valence-electron chi connectivity index (χ4n) is 2.94. The fraction of sp³-hybridized carbons (Fsp3) is 0.429. The van der Waals surface area contributed by atoms with Crippen molar-refractivity contribution in [1.29, 1.82) is 0 Å². The second kappa shape index (κ2) is 0.603. The van der Waals surface area contributed by atoms with Gasteiger partial charge >= 0.3 is 0 Å². The van der Waals surface area contributed by atoms with Crippen LogP contribution in [0.25, 0.3) is 0 Å². The van der Waals surface area contributed by atoms with E-state index in [1.807, 2.05) is 0 Å². The highest BCUT2D eigenvalue weighted by Crippen LogP contribution is 2.77. The Kier molecular flexibility index (Phi) is 0.200. The lowest BCUT2D eigenvalue weighted by Gasteiger charge is -2.41. The second-order valence-electron chi connectivity index (χ2n) is 3.50. The summed E-state index contributed by atoms with van der Waals surface area (Å²) in [6.45, 7) is 1.15. The van der Waals surface area contributed by atoms with Crippen LogP contribution in [0.3, 0.4) is 0 Å². The van der Waals surface area contributed by atoms with Gasteiger partial charge in [0.05, 0.1) is 6.67 Å². The van der Waals surface area contributed by atoms with Gasteiger partial charge in [0.15, 0.2) is 11.5 Å². The largest absolute Gasteiger partial charge is 0.457 e. The van der Waals surface area contributed by atoms with Gasteiger partial charge in [0.25, 0.3) is 0 Å². The molecule has 0 saturated carbocycles. The van der Waals surface area contributed by atoms with Crippen LogP contribution >= 0.6 is 0 Å². The highest BCUT2D eigenvalue weighted by molar-refractivity contribution is 5.97. The maximum atomic E-state index is 5.57. The van der Waals surface area contributed by atoms with Gasteiger partial charge in [-0.15, -0.1) is 0 Å². The molecule has 0 radical (unpaired) electrons. The highest BCUT2D eigenvalue weighted by Gasteiger charge is 2.70. The van der Waals surface area contributed by atoms with Crippen LogP contribution in [0, 0.1) is 0 Å². The zero-order chi connectivity index (χ0) is 6.03. The summed E-state index contributed by atoms with van der Waals surface area (Å²) < 4.78 is 5.57. The Labute approximate surface area is 56.8 Å². The molecule has 1 saturated heterocycles. The molecule has 48 valence electrons. The van der Waals surface area contributed by atoms with Crippen molar-refractivity contribution in [2.24, 2.45) is 0 Å². The van der Waals surface area contributed by atoms with E-state index in [0.29, 0.717) is 12.1 Å². The number of hydrogen-bond donors (Lipinski definition) is 0. The van der Waals surface area contributed by atoms with E-state index in [1.54, 1.807) is 0 Å². The van der Waals surface area contributed by atoms with Crippen molar-refractivity contribution in [1.82, 2.24) is 0 Å². The lowest BCUT2D eigenvalue weighted by atomic mass is 9.84. The molecule has 6 rings (SSSR count). The Morgan fingerprint density at radius 2 is 1.70 bits per heavy atom. The van der Waals surface area contributed by atoms with Gasteiger partial charge in [0, 0.05) is 0 Å². The molecule has 5 aliphatic heterocycles. The molecule has 3 nitrogen and oxygen atoms in total. The SMILES string of the molecule is C1N2c3c4oc5c3N1C5C42. The molecule has 2 unspecified atom stereocenters. The van der Waals surface area contributed by atoms with Gasteiger partial charge in [-0.2, -0.15) is 0 Å². The number of anilines is 2. The molecule has 1 aromatic rings. The molecule has 3 heteroatoms. The van der Waals surface area contributed by atoms with Crippen LogP contribution < -0.4 is 9.80 Å². The first-order valence-electron chi connectivity index (χ1n) is 3.66. The molecule has 4 bridgehead atoms. The summed E-state index contributed by atoms with van der Waals surface area (Å²) in [6, 6.07) is 1.31. The van der Waals surface area contributed by atoms with Gasteiger partial charge in [-0.3, -0.25) is 0 Å². The Balaban J connectivity index is 2.28. The molecule has 10 heavy (non-hydrogen) atoms. The third-order valence-electron chi connectivity index (χ3n) is 3.30. The van der Waals surface area contributed by atoms with Crippen molar-refractivity contribution in [3.05, 3.63) is 11.5 Å². The average molecular weight is 132 g/mol. The van der Waals surface area contributed by atoms with E-state index in [-0.39, 0.29) is 0 Å². The molecule has 0 amide bonds. The molecule has 2 atom stereocenters. The van der Waals surface area contributed by atoms with Crippen molar-refractivity contribution in [3.8, 4) is 0 Å². The predicted molar refractivity (Wildman–Crippen MR) is 34.0 cm³/mol. The molecule has 0 aliphatic carbocycles. The maximum absolute atomic E-state index is 5.57. The summed E-state index contributed by atoms with van der Waals surface area (Å²) in [5, 5.41) is 0. The third-order valence-corrected chi connectivity index (χ3v) is 3.30. The summed E-state index contributed by atoms with van der Waals surface area (Å²) >= 11 is 0. The molecule has 0 aromatic carbocycles. The lowest BCUT2D eigenvalue weighted by molar-refractivity contribution is 0.490. The standard InChI is InChI=1S/C7H4N2O/c1-8-2-3-7-5(9(1)3)4(8)6(2)10-7/h2-3H,1H2. The summed E-state index contributed by atoms with van der Waals surface area (Å²) in [6.07, 6.45) is 0. The van der Waals surface area contributed by atoms with Crippen molar-refractivity contribution in [2.75, 3.05) is 16.5 Å². The van der Waals surface area contributed by atoms with E-state index >= 15 is 0 Å². The second-order valence-corrected chi connectivity index (χ2v) is 3.50. The van der Waals surface area contributed by atoms with Crippen LogP contribution in [0.15, 0.2) is 4.42 Å². The minimum absolute atomic E-state index is 0.655. The predicted octanol–water partition coefficient (Wildman–Crippen LogP) is 0.987. The zero-order valence-electron chi connectivity index (χ0n) is 5.16. The number of furan rings is 1. The quantitative estimate of drug-likeness (QED) is 0.524. The topological polar surface area (TPSA) is 19.6 Å². The summed E-state index contributed by atoms with van der Waals surface area (Å²) in [7, 11) is 0. The van der Waals surface area contributed by atoms with E-state index in [0.717, 1.165) is 6.67 Å². The zero-order valence-corrected chi connectivity index (χ0v) is 5.16. The van der Waals surface area contributed by atoms with Crippen LogP contribution in [0.1, 0.15) is 23.6 Å². The van der Waals surface area contributed by atoms with Crippen LogP contribution in [0.5, 0.6) is 0 Å². The van der Waals surface area contributed by atoms with E-state index < -0.39 is 0 Å². The molecule has 6 heterocycles. The first-order valence-corrected chi connectivity index (χ1v) is 3.66. The first-order chi connectivity index (χ1) is 4.97. The molecule has 5 aliphatic rings. The number of hydrogen-bond acceptors (Lipinski definition) is 3. The van der Waals surface area contributed by atoms with E-state index in [4.69, 9.17) is 4.42 Å². The number of nitrogens with zero attached hydrogens (tertiary/aromatic N) is 2. The highest BCUT2D eigenvalue weighted by atomic mass is 16.4. The van der Waals surface area contributed by atoms with Crippen LogP contribution in [-0.4, -0.2) is 6.67 Å². The summed E-state index contributed by atoms with van der Waals surface area (Å²) in [5.74, 6) is 2.56. The Morgan fingerprint density at radius 3 is 2.20 bits per heavy atom. The molecule has 1 aromatic heterocycles. The summed E-state index contributed by atoms with van der Waals surface area (Å²) in [5.41, 5.74) is 2.84. The number of rotatable bonds is 0. The van der Waals surface area contributed by atoms with E-state index in [2.05, 4.69) is 9.80 Å². The lowest BCUT2D eigenvalue weighted by Crippen LogP contribution is -2.37. The summed E-state index contributed by atoms with van der Waals surface area (Å²) in [4.78, 5) is 4.90. The fourth-order valence-corrected chi connectivity index (χ4v) is 2.94. The van der Waals surface area contributed by atoms with Gasteiger partial charge in [0.1, 0.15) is 23.5 Å². The van der Waals surface area contributed by atoms with Gasteiger partial charge in [-0.25, -0.2) is 0 Å². The first kappa shape index (κ1) is 3.32. The monoisotopic (exact) mass is 132 g/mol. The Bertz CT molecular complexity index is 360. The Hall–Kier alpha value is -1.12. The van der Waals surface area contributed by atoms with Crippen molar-refractivity contribution in [3.63, 3.8) is 0 Å². The average Bonchev–Trinajstić information content (AvgIpc) is 2.41. The maximum Gasteiger partial charge on any atom is 0.154 e. The van der Waals surface area contributed by atoms with Crippen LogP contribution in [0.2, 0.25) is 0 Å². The molecular formula is C7H4N2O. The minimum atomic E-state index is 0.655. The minimum Gasteiger partial charge on any atom is -0.457 e. The van der Waals surface area contributed by atoms with Crippen LogP contribution in [-0.2, 0) is 0 Å². The molecule has 0 spiro atoms. The molecular weight excluding hydrogens is 128 g/mol. The van der Waals surface area contributed by atoms with E-state index in [1.165, 1.54) is 22.9 Å².